The minimum Gasteiger partial charge on any atom is -0.255 e. The van der Waals surface area contributed by atoms with Crippen molar-refractivity contribution < 1.29 is 0 Å². The van der Waals surface area contributed by atoms with E-state index in [0.29, 0.717) is 5.56 Å². The summed E-state index contributed by atoms with van der Waals surface area (Å²) in [4.78, 5) is 5.81. The van der Waals surface area contributed by atoms with Gasteiger partial charge in [-0.25, -0.2) is 10.0 Å². The number of pyridine rings is 1. The Bertz CT molecular complexity index is 572. The van der Waals surface area contributed by atoms with E-state index in [4.69, 9.17) is 5.26 Å². The van der Waals surface area contributed by atoms with Crippen molar-refractivity contribution in [3.8, 4) is 17.3 Å². The quantitative estimate of drug-likeness (QED) is 0.822. The van der Waals surface area contributed by atoms with Crippen LogP contribution in [0.25, 0.3) is 11.3 Å². The number of rotatable bonds is 2. The molecule has 0 aliphatic rings. The molecular formula is C15H16N2S. The van der Waals surface area contributed by atoms with Crippen LogP contribution in [0.15, 0.2) is 47.5 Å². The summed E-state index contributed by atoms with van der Waals surface area (Å²) in [7, 11) is -0.718. The summed E-state index contributed by atoms with van der Waals surface area (Å²) >= 11 is 0. The lowest BCUT2D eigenvalue weighted by molar-refractivity contribution is 1.23. The molecule has 0 saturated carbocycles. The molecule has 0 amide bonds. The van der Waals surface area contributed by atoms with Gasteiger partial charge in [0, 0.05) is 16.7 Å². The second-order valence-corrected chi connectivity index (χ2v) is 9.05. The Labute approximate surface area is 110 Å². The lowest BCUT2D eigenvalue weighted by Crippen LogP contribution is -1.94. The van der Waals surface area contributed by atoms with E-state index in [2.05, 4.69) is 42.0 Å². The summed E-state index contributed by atoms with van der Waals surface area (Å²) in [5.74, 6) is 0. The fourth-order valence-corrected chi connectivity index (χ4v) is 2.47. The van der Waals surface area contributed by atoms with Crippen LogP contribution < -0.4 is 0 Å². The number of hydrogen-bond acceptors (Lipinski definition) is 2. The number of nitrogens with zero attached hydrogens (tertiary/aromatic N) is 2. The molecule has 0 fully saturated rings. The van der Waals surface area contributed by atoms with Crippen LogP contribution in [0.1, 0.15) is 5.56 Å². The monoisotopic (exact) mass is 256 g/mol. The smallest absolute Gasteiger partial charge is 0.0991 e. The minimum atomic E-state index is -0.718. The van der Waals surface area contributed by atoms with Gasteiger partial charge in [0.25, 0.3) is 0 Å². The van der Waals surface area contributed by atoms with Crippen LogP contribution in [-0.4, -0.2) is 23.8 Å². The number of aromatic nitrogens is 1. The summed E-state index contributed by atoms with van der Waals surface area (Å²) in [6.45, 7) is 0. The molecule has 2 nitrogen and oxygen atoms in total. The van der Waals surface area contributed by atoms with E-state index < -0.39 is 10.0 Å². The number of nitriles is 1. The Hall–Kier alpha value is -1.79. The molecule has 0 saturated heterocycles. The third-order valence-corrected chi connectivity index (χ3v) is 4.41. The van der Waals surface area contributed by atoms with Gasteiger partial charge in [-0.2, -0.15) is 5.26 Å². The first-order valence-electron chi connectivity index (χ1n) is 5.66. The average molecular weight is 256 g/mol. The standard InChI is InChI=1S/C15H16N2S/c1-18(2,3)14-8-9-15(17-11-14)13-6-4-12(10-16)5-7-13/h4-9,11H,1-3H3. The van der Waals surface area contributed by atoms with E-state index in [-0.39, 0.29) is 0 Å². The van der Waals surface area contributed by atoms with E-state index in [0.717, 1.165) is 11.3 Å². The predicted octanol–water partition coefficient (Wildman–Crippen LogP) is 3.67. The van der Waals surface area contributed by atoms with Crippen LogP contribution in [0.4, 0.5) is 0 Å². The zero-order valence-corrected chi connectivity index (χ0v) is 11.7. The van der Waals surface area contributed by atoms with E-state index in [1.54, 1.807) is 0 Å². The SMILES string of the molecule is CS(C)(C)c1ccc(-c2ccc(C#N)cc2)nc1. The molecule has 3 heteroatoms. The van der Waals surface area contributed by atoms with Crippen LogP contribution in [0.3, 0.4) is 0 Å². The highest BCUT2D eigenvalue weighted by molar-refractivity contribution is 8.32. The maximum atomic E-state index is 8.76. The van der Waals surface area contributed by atoms with E-state index in [1.165, 1.54) is 4.90 Å². The van der Waals surface area contributed by atoms with Crippen molar-refractivity contribution in [3.63, 3.8) is 0 Å². The molecule has 2 rings (SSSR count). The van der Waals surface area contributed by atoms with Crippen molar-refractivity contribution in [1.29, 1.82) is 5.26 Å². The Kier molecular flexibility index (Phi) is 3.40. The van der Waals surface area contributed by atoms with Crippen molar-refractivity contribution in [3.05, 3.63) is 48.2 Å². The molecule has 0 aliphatic carbocycles. The molecule has 0 unspecified atom stereocenters. The summed E-state index contributed by atoms with van der Waals surface area (Å²) in [6.07, 6.45) is 8.73. The number of hydrogen-bond donors (Lipinski definition) is 0. The molecule has 18 heavy (non-hydrogen) atoms. The first-order valence-corrected chi connectivity index (χ1v) is 8.51. The largest absolute Gasteiger partial charge is 0.255 e. The van der Waals surface area contributed by atoms with Crippen LogP contribution in [0.5, 0.6) is 0 Å². The molecule has 0 atom stereocenters. The fraction of sp³-hybridized carbons (Fsp3) is 0.200. The summed E-state index contributed by atoms with van der Waals surface area (Å²) in [6, 6.07) is 13.8. The second kappa shape index (κ2) is 4.83. The van der Waals surface area contributed by atoms with Gasteiger partial charge in [-0.05, 0) is 43.0 Å². The summed E-state index contributed by atoms with van der Waals surface area (Å²) < 4.78 is 0. The highest BCUT2D eigenvalue weighted by Crippen LogP contribution is 2.44. The molecule has 2 aromatic rings. The van der Waals surface area contributed by atoms with Gasteiger partial charge < -0.3 is 0 Å². The predicted molar refractivity (Wildman–Crippen MR) is 78.0 cm³/mol. The molecule has 0 radical (unpaired) electrons. The molecule has 1 aromatic heterocycles. The molecule has 0 bridgehead atoms. The zero-order chi connectivity index (χ0) is 13.2. The van der Waals surface area contributed by atoms with Crippen LogP contribution >= 0.6 is 10.0 Å². The minimum absolute atomic E-state index is 0.675. The van der Waals surface area contributed by atoms with Gasteiger partial charge in [-0.1, -0.05) is 12.1 Å². The van der Waals surface area contributed by atoms with Crippen molar-refractivity contribution in [2.75, 3.05) is 18.8 Å². The average Bonchev–Trinajstić information content (AvgIpc) is 2.38. The van der Waals surface area contributed by atoms with Crippen LogP contribution in [0, 0.1) is 11.3 Å². The second-order valence-electron chi connectivity index (χ2n) is 4.91. The van der Waals surface area contributed by atoms with Gasteiger partial charge in [0.05, 0.1) is 17.3 Å². The zero-order valence-electron chi connectivity index (χ0n) is 10.8. The van der Waals surface area contributed by atoms with Gasteiger partial charge in [0.15, 0.2) is 0 Å². The highest BCUT2D eigenvalue weighted by atomic mass is 32.3. The van der Waals surface area contributed by atoms with Crippen molar-refractivity contribution in [2.45, 2.75) is 4.90 Å². The Morgan fingerprint density at radius 2 is 1.67 bits per heavy atom. The van der Waals surface area contributed by atoms with Crippen molar-refractivity contribution in [2.24, 2.45) is 0 Å². The normalized spacial score (nSPS) is 11.9. The Morgan fingerprint density at radius 1 is 1.00 bits per heavy atom. The van der Waals surface area contributed by atoms with E-state index in [1.807, 2.05) is 30.5 Å². The number of benzene rings is 1. The topological polar surface area (TPSA) is 36.7 Å². The van der Waals surface area contributed by atoms with Gasteiger partial charge in [0.1, 0.15) is 0 Å². The van der Waals surface area contributed by atoms with Crippen molar-refractivity contribution in [1.82, 2.24) is 4.98 Å². The van der Waals surface area contributed by atoms with E-state index in [9.17, 15) is 0 Å². The third kappa shape index (κ3) is 2.72. The molecule has 92 valence electrons. The molecule has 0 spiro atoms. The fourth-order valence-electron chi connectivity index (χ4n) is 1.63. The van der Waals surface area contributed by atoms with Gasteiger partial charge in [-0.15, -0.1) is 0 Å². The lowest BCUT2D eigenvalue weighted by Gasteiger charge is -2.25. The Balaban J connectivity index is 2.32. The summed E-state index contributed by atoms with van der Waals surface area (Å²) in [5.41, 5.74) is 2.67. The van der Waals surface area contributed by atoms with Gasteiger partial charge in [0.2, 0.25) is 0 Å². The maximum absolute atomic E-state index is 8.76. The third-order valence-electron chi connectivity index (χ3n) is 2.75. The highest BCUT2D eigenvalue weighted by Gasteiger charge is 2.08. The van der Waals surface area contributed by atoms with Crippen LogP contribution in [0.2, 0.25) is 0 Å². The first kappa shape index (κ1) is 12.7. The van der Waals surface area contributed by atoms with Gasteiger partial charge in [-0.3, -0.25) is 4.98 Å². The molecule has 1 aromatic carbocycles. The van der Waals surface area contributed by atoms with Crippen LogP contribution in [-0.2, 0) is 0 Å². The summed E-state index contributed by atoms with van der Waals surface area (Å²) in [5, 5.41) is 8.76. The molecule has 0 aliphatic heterocycles. The molecular weight excluding hydrogens is 240 g/mol. The molecule has 1 heterocycles. The molecule has 0 N–H and O–H groups in total. The Morgan fingerprint density at radius 3 is 2.11 bits per heavy atom. The van der Waals surface area contributed by atoms with E-state index >= 15 is 0 Å². The lowest BCUT2D eigenvalue weighted by atomic mass is 10.1. The first-order chi connectivity index (χ1) is 8.50. The van der Waals surface area contributed by atoms with Crippen molar-refractivity contribution >= 4 is 10.0 Å². The van der Waals surface area contributed by atoms with Gasteiger partial charge >= 0.3 is 0 Å². The maximum Gasteiger partial charge on any atom is 0.0991 e.